The molecule has 1 heterocycles. The molecular weight excluding hydrogens is 563 g/mol. The number of hydrogen-bond donors (Lipinski definition) is 2. The third-order valence-corrected chi connectivity index (χ3v) is 11.2. The molecule has 0 spiro atoms. The SMILES string of the molecule is COC1CN(CC(=O)NC2C3CC4CC2CC(CC(N)=O)(C4)C3)S(=O)(=O)N(c2c(Cl)cc(Cl)cc2Cl)C1. The van der Waals surface area contributed by atoms with Crippen LogP contribution in [-0.2, 0) is 24.5 Å². The minimum atomic E-state index is -4.14. The predicted molar refractivity (Wildman–Crippen MR) is 142 cm³/mol. The van der Waals surface area contributed by atoms with Gasteiger partial charge in [-0.05, 0) is 67.4 Å². The number of nitrogens with two attached hydrogens (primary N) is 1. The average molecular weight is 594 g/mol. The maximum Gasteiger partial charge on any atom is 0.304 e. The number of halogens is 3. The van der Waals surface area contributed by atoms with Gasteiger partial charge in [0.05, 0.1) is 34.9 Å². The van der Waals surface area contributed by atoms with Crippen LogP contribution in [0.1, 0.15) is 38.5 Å². The summed E-state index contributed by atoms with van der Waals surface area (Å²) in [5.74, 6) is 0.452. The zero-order chi connectivity index (χ0) is 26.7. The summed E-state index contributed by atoms with van der Waals surface area (Å²) < 4.78 is 34.9. The summed E-state index contributed by atoms with van der Waals surface area (Å²) in [4.78, 5) is 25.0. The summed E-state index contributed by atoms with van der Waals surface area (Å²) in [5, 5.41) is 3.59. The van der Waals surface area contributed by atoms with Crippen LogP contribution < -0.4 is 15.4 Å². The van der Waals surface area contributed by atoms with Crippen LogP contribution in [0.3, 0.4) is 0 Å². The number of nitrogens with zero attached hydrogens (tertiary/aromatic N) is 2. The molecule has 4 bridgehead atoms. The highest BCUT2D eigenvalue weighted by molar-refractivity contribution is 7.90. The van der Waals surface area contributed by atoms with E-state index in [0.29, 0.717) is 12.3 Å². The number of anilines is 1. The summed E-state index contributed by atoms with van der Waals surface area (Å²) in [7, 11) is -2.65. The largest absolute Gasteiger partial charge is 0.378 e. The van der Waals surface area contributed by atoms with Crippen LogP contribution in [0.4, 0.5) is 5.69 Å². The van der Waals surface area contributed by atoms with E-state index in [1.165, 1.54) is 19.2 Å². The van der Waals surface area contributed by atoms with Gasteiger partial charge in [0, 0.05) is 31.1 Å². The molecule has 13 heteroatoms. The van der Waals surface area contributed by atoms with Gasteiger partial charge in [-0.1, -0.05) is 34.8 Å². The van der Waals surface area contributed by atoms with Crippen molar-refractivity contribution >= 4 is 62.5 Å². The van der Waals surface area contributed by atoms with Crippen LogP contribution in [0, 0.1) is 23.2 Å². The highest BCUT2D eigenvalue weighted by Crippen LogP contribution is 2.61. The fourth-order valence-electron chi connectivity index (χ4n) is 7.48. The lowest BCUT2D eigenvalue weighted by Crippen LogP contribution is -2.62. The van der Waals surface area contributed by atoms with Gasteiger partial charge < -0.3 is 15.8 Å². The zero-order valence-corrected chi connectivity index (χ0v) is 23.5. The average Bonchev–Trinajstić information content (AvgIpc) is 2.76. The maximum absolute atomic E-state index is 13.6. The minimum Gasteiger partial charge on any atom is -0.378 e. The van der Waals surface area contributed by atoms with Crippen molar-refractivity contribution in [3.63, 3.8) is 0 Å². The van der Waals surface area contributed by atoms with Crippen molar-refractivity contribution in [1.29, 1.82) is 0 Å². The summed E-state index contributed by atoms with van der Waals surface area (Å²) in [5.41, 5.74) is 5.60. The van der Waals surface area contributed by atoms with Gasteiger partial charge in [-0.25, -0.2) is 0 Å². The molecule has 0 radical (unpaired) electrons. The Kier molecular flexibility index (Phi) is 7.39. The van der Waals surface area contributed by atoms with Gasteiger partial charge in [0.15, 0.2) is 0 Å². The lowest BCUT2D eigenvalue weighted by molar-refractivity contribution is -0.134. The number of benzene rings is 1. The molecule has 204 valence electrons. The molecule has 3 atom stereocenters. The van der Waals surface area contributed by atoms with Crippen LogP contribution in [-0.4, -0.2) is 63.4 Å². The number of carbonyl (C=O) groups is 2. The molecule has 3 unspecified atom stereocenters. The number of nitrogens with one attached hydrogen (secondary N) is 1. The molecule has 4 saturated carbocycles. The molecule has 4 aliphatic carbocycles. The zero-order valence-electron chi connectivity index (χ0n) is 20.5. The van der Waals surface area contributed by atoms with E-state index in [1.54, 1.807) is 0 Å². The lowest BCUT2D eigenvalue weighted by atomic mass is 9.47. The molecule has 5 aliphatic rings. The summed E-state index contributed by atoms with van der Waals surface area (Å²) in [6.45, 7) is -0.339. The van der Waals surface area contributed by atoms with E-state index in [9.17, 15) is 18.0 Å². The van der Waals surface area contributed by atoms with E-state index in [1.807, 2.05) is 0 Å². The molecular formula is C24H31Cl3N4O5S. The minimum absolute atomic E-state index is 0.00582. The number of methoxy groups -OCH3 is 1. The topological polar surface area (TPSA) is 122 Å². The highest BCUT2D eigenvalue weighted by atomic mass is 35.5. The number of amides is 2. The number of primary amides is 1. The van der Waals surface area contributed by atoms with Crippen LogP contribution in [0.5, 0.6) is 0 Å². The van der Waals surface area contributed by atoms with Gasteiger partial charge in [0.25, 0.3) is 0 Å². The lowest BCUT2D eigenvalue weighted by Gasteiger charge is -2.60. The number of hydrogen-bond acceptors (Lipinski definition) is 5. The Hall–Kier alpha value is -1.30. The second-order valence-corrected chi connectivity index (χ2v) is 14.2. The molecule has 0 aromatic heterocycles. The molecule has 1 aromatic carbocycles. The maximum atomic E-state index is 13.6. The van der Waals surface area contributed by atoms with E-state index >= 15 is 0 Å². The second-order valence-electron chi connectivity index (χ2n) is 11.1. The van der Waals surface area contributed by atoms with E-state index in [2.05, 4.69) is 5.32 Å². The molecule has 3 N–H and O–H groups in total. The third-order valence-electron chi connectivity index (χ3n) is 8.54. The van der Waals surface area contributed by atoms with Crippen molar-refractivity contribution in [1.82, 2.24) is 9.62 Å². The highest BCUT2D eigenvalue weighted by Gasteiger charge is 2.56. The van der Waals surface area contributed by atoms with E-state index in [4.69, 9.17) is 45.3 Å². The molecule has 2 amide bonds. The molecule has 5 fully saturated rings. The smallest absolute Gasteiger partial charge is 0.304 e. The van der Waals surface area contributed by atoms with Crippen LogP contribution >= 0.6 is 34.8 Å². The van der Waals surface area contributed by atoms with Gasteiger partial charge >= 0.3 is 10.2 Å². The van der Waals surface area contributed by atoms with Gasteiger partial charge in [-0.15, -0.1) is 0 Å². The van der Waals surface area contributed by atoms with Gasteiger partial charge in [0.2, 0.25) is 11.8 Å². The molecule has 1 saturated heterocycles. The first kappa shape index (κ1) is 27.3. The van der Waals surface area contributed by atoms with Crippen molar-refractivity contribution in [3.05, 3.63) is 27.2 Å². The number of ether oxygens (including phenoxy) is 1. The van der Waals surface area contributed by atoms with E-state index in [0.717, 1.165) is 40.7 Å². The predicted octanol–water partition coefficient (Wildman–Crippen LogP) is 3.22. The van der Waals surface area contributed by atoms with Crippen LogP contribution in [0.15, 0.2) is 12.1 Å². The number of carbonyl (C=O) groups excluding carboxylic acids is 2. The van der Waals surface area contributed by atoms with Gasteiger partial charge in [0.1, 0.15) is 0 Å². The molecule has 1 aliphatic heterocycles. The van der Waals surface area contributed by atoms with Crippen molar-refractivity contribution in [2.45, 2.75) is 50.7 Å². The van der Waals surface area contributed by atoms with E-state index in [-0.39, 0.29) is 75.5 Å². The first-order valence-corrected chi connectivity index (χ1v) is 15.0. The molecule has 6 rings (SSSR count). The Morgan fingerprint density at radius 3 is 2.30 bits per heavy atom. The monoisotopic (exact) mass is 592 g/mol. The first-order chi connectivity index (χ1) is 17.4. The quantitative estimate of drug-likeness (QED) is 0.503. The number of rotatable bonds is 7. The van der Waals surface area contributed by atoms with E-state index < -0.39 is 16.3 Å². The Morgan fingerprint density at radius 2 is 1.73 bits per heavy atom. The van der Waals surface area contributed by atoms with Crippen molar-refractivity contribution in [2.24, 2.45) is 28.9 Å². The van der Waals surface area contributed by atoms with Crippen LogP contribution in [0.25, 0.3) is 0 Å². The first-order valence-electron chi connectivity index (χ1n) is 12.4. The van der Waals surface area contributed by atoms with Gasteiger partial charge in [-0.2, -0.15) is 12.7 Å². The summed E-state index contributed by atoms with van der Waals surface area (Å²) >= 11 is 18.7. The van der Waals surface area contributed by atoms with Crippen LogP contribution in [0.2, 0.25) is 15.1 Å². The Balaban J connectivity index is 1.32. The molecule has 9 nitrogen and oxygen atoms in total. The summed E-state index contributed by atoms with van der Waals surface area (Å²) in [6, 6.07) is 2.81. The van der Waals surface area contributed by atoms with Crippen molar-refractivity contribution < 1.29 is 22.7 Å². The fraction of sp³-hybridized carbons (Fsp3) is 0.667. The Morgan fingerprint density at radius 1 is 1.11 bits per heavy atom. The third kappa shape index (κ3) is 5.17. The Labute approximate surface area is 232 Å². The molecule has 1 aromatic rings. The van der Waals surface area contributed by atoms with Crippen molar-refractivity contribution in [3.8, 4) is 0 Å². The summed E-state index contributed by atoms with van der Waals surface area (Å²) in [6.07, 6.45) is 4.67. The fourth-order valence-corrected chi connectivity index (χ4v) is 10.3. The van der Waals surface area contributed by atoms with Gasteiger partial charge in [-0.3, -0.25) is 13.9 Å². The normalized spacial score (nSPS) is 34.5. The second kappa shape index (κ2) is 10.0. The Bertz CT molecular complexity index is 1180. The molecule has 37 heavy (non-hydrogen) atoms. The standard InChI is InChI=1S/C24H31Cl3N4O5S/c1-36-17-10-30(37(34,35)31(11-17)23-18(26)4-16(25)5-19(23)27)12-21(33)29-22-14-2-13-3-15(22)8-24(6-13,7-14)9-20(28)32/h4-5,13-15,17,22H,2-3,6-12H2,1H3,(H2,28,32)(H,29,33). The van der Waals surface area contributed by atoms with Crippen molar-refractivity contribution in [2.75, 3.05) is 31.0 Å².